The minimum atomic E-state index is -4.02. The van der Waals surface area contributed by atoms with Gasteiger partial charge in [0.05, 0.1) is 22.6 Å². The number of halogens is 1. The molecule has 45 heavy (non-hydrogen) atoms. The number of fused-ring (bicyclic) bond motifs is 3. The second-order valence-corrected chi connectivity index (χ2v) is 15.7. The molecule has 3 aliphatic rings. The van der Waals surface area contributed by atoms with Crippen LogP contribution < -0.4 is 14.4 Å². The summed E-state index contributed by atoms with van der Waals surface area (Å²) in [5.74, 6) is 0.786. The zero-order valence-electron chi connectivity index (χ0n) is 26.9. The van der Waals surface area contributed by atoms with Crippen LogP contribution in [0.1, 0.15) is 80.3 Å². The molecule has 0 radical (unpaired) electrons. The van der Waals surface area contributed by atoms with Crippen LogP contribution in [0.2, 0.25) is 5.02 Å². The van der Waals surface area contributed by atoms with Crippen molar-refractivity contribution in [2.45, 2.75) is 88.8 Å². The van der Waals surface area contributed by atoms with Crippen LogP contribution in [0.25, 0.3) is 0 Å². The summed E-state index contributed by atoms with van der Waals surface area (Å²) in [4.78, 5) is 15.9. The van der Waals surface area contributed by atoms with Gasteiger partial charge in [-0.2, -0.15) is 0 Å². The van der Waals surface area contributed by atoms with Gasteiger partial charge in [-0.25, -0.2) is 13.1 Å². The number of rotatable bonds is 4. The number of carbonyl (C=O) groups is 1. The summed E-state index contributed by atoms with van der Waals surface area (Å²) in [6, 6.07) is 11.2. The molecular formula is C35H47ClN2O6S. The molecule has 2 heterocycles. The quantitative estimate of drug-likeness (QED) is 0.366. The predicted molar refractivity (Wildman–Crippen MR) is 179 cm³/mol. The largest absolute Gasteiger partial charge is 0.487 e. The van der Waals surface area contributed by atoms with Crippen LogP contribution in [0.15, 0.2) is 48.6 Å². The molecule has 0 spiro atoms. The maximum absolute atomic E-state index is 13.7. The van der Waals surface area contributed by atoms with Crippen molar-refractivity contribution < 1.29 is 27.4 Å². The number of methoxy groups -OCH3 is 2. The highest BCUT2D eigenvalue weighted by Gasteiger charge is 2.38. The van der Waals surface area contributed by atoms with E-state index in [0.29, 0.717) is 42.1 Å². The molecule has 1 aliphatic carbocycles. The standard InChI is InChI=1S/C35H47ClN2O6S/c1-35(2,43-4)21-29-10-5-6-11-32(42-3)30-16-13-26(30)22-38-18-8-7-9-24-19-28(36)15-12-27(24)23-44-33-17-14-25(20-31(33)38)34(39)37-45(29,40)41/h6,11-12,14-15,17,19-20,26,29-30,32H,5,7-10,13,16,18,21-23H2,1-4H3,(H,37,39)/b11-6+/t26-,29-,30+,32-/m0/s1. The number of ether oxygens (including phenoxy) is 3. The van der Waals surface area contributed by atoms with Crippen molar-refractivity contribution in [3.63, 3.8) is 0 Å². The van der Waals surface area contributed by atoms with Gasteiger partial charge >= 0.3 is 0 Å². The fourth-order valence-corrected chi connectivity index (χ4v) is 8.60. The third-order valence-electron chi connectivity index (χ3n) is 9.79. The molecule has 10 heteroatoms. The highest BCUT2D eigenvalue weighted by molar-refractivity contribution is 7.90. The molecule has 1 fully saturated rings. The number of allylic oxidation sites excluding steroid dienone is 1. The Bertz CT molecular complexity index is 1490. The molecule has 8 nitrogen and oxygen atoms in total. The van der Waals surface area contributed by atoms with Gasteiger partial charge in [-0.3, -0.25) is 4.79 Å². The summed E-state index contributed by atoms with van der Waals surface area (Å²) in [5.41, 5.74) is 2.67. The van der Waals surface area contributed by atoms with Crippen molar-refractivity contribution in [3.05, 3.63) is 70.3 Å². The predicted octanol–water partition coefficient (Wildman–Crippen LogP) is 6.70. The zero-order chi connectivity index (χ0) is 32.2. The molecule has 2 aliphatic heterocycles. The molecule has 1 N–H and O–H groups in total. The van der Waals surface area contributed by atoms with E-state index in [1.54, 1.807) is 32.4 Å². The number of amides is 1. The first kappa shape index (κ1) is 33.8. The average Bonchev–Trinajstić information content (AvgIpc) is 3.02. The Labute approximate surface area is 273 Å². The lowest BCUT2D eigenvalue weighted by Crippen LogP contribution is -2.44. The van der Waals surface area contributed by atoms with E-state index < -0.39 is 26.8 Å². The van der Waals surface area contributed by atoms with E-state index in [-0.39, 0.29) is 18.1 Å². The van der Waals surface area contributed by atoms with Gasteiger partial charge in [0.2, 0.25) is 10.0 Å². The number of sulfonamides is 1. The maximum atomic E-state index is 13.7. The van der Waals surface area contributed by atoms with Crippen LogP contribution in [0.5, 0.6) is 5.75 Å². The Balaban J connectivity index is 1.54. The normalized spacial score (nSPS) is 26.6. The summed E-state index contributed by atoms with van der Waals surface area (Å²) < 4.78 is 47.8. The number of hydrogen-bond acceptors (Lipinski definition) is 7. The molecular weight excluding hydrogens is 612 g/mol. The van der Waals surface area contributed by atoms with E-state index in [2.05, 4.69) is 15.7 Å². The summed E-state index contributed by atoms with van der Waals surface area (Å²) in [6.07, 6.45) is 10.2. The van der Waals surface area contributed by atoms with E-state index in [9.17, 15) is 13.2 Å². The van der Waals surface area contributed by atoms with Crippen molar-refractivity contribution in [1.82, 2.24) is 4.72 Å². The molecule has 1 saturated carbocycles. The lowest BCUT2D eigenvalue weighted by atomic mass is 9.70. The van der Waals surface area contributed by atoms with Crippen LogP contribution in [-0.4, -0.2) is 58.6 Å². The second-order valence-electron chi connectivity index (χ2n) is 13.3. The number of hydrogen-bond donors (Lipinski definition) is 1. The van der Waals surface area contributed by atoms with Gasteiger partial charge in [-0.05, 0) is 119 Å². The molecule has 2 aromatic carbocycles. The summed E-state index contributed by atoms with van der Waals surface area (Å²) in [6.45, 7) is 5.67. The lowest BCUT2D eigenvalue weighted by molar-refractivity contribution is 0.0129. The van der Waals surface area contributed by atoms with Crippen LogP contribution in [0.4, 0.5) is 5.69 Å². The molecule has 5 rings (SSSR count). The van der Waals surface area contributed by atoms with Crippen LogP contribution in [0.3, 0.4) is 0 Å². The fourth-order valence-electron chi connectivity index (χ4n) is 6.80. The molecule has 246 valence electrons. The Hall–Kier alpha value is -2.59. The fraction of sp³-hybridized carbons (Fsp3) is 0.571. The van der Waals surface area contributed by atoms with Gasteiger partial charge in [0.25, 0.3) is 5.91 Å². The Morgan fingerprint density at radius 3 is 2.62 bits per heavy atom. The number of nitrogens with zero attached hydrogens (tertiary/aromatic N) is 1. The number of benzene rings is 2. The Morgan fingerprint density at radius 2 is 1.89 bits per heavy atom. The Kier molecular flexibility index (Phi) is 10.8. The highest BCUT2D eigenvalue weighted by atomic mass is 35.5. The molecule has 2 aromatic rings. The van der Waals surface area contributed by atoms with E-state index in [4.69, 9.17) is 25.8 Å². The molecule has 2 bridgehead atoms. The molecule has 0 unspecified atom stereocenters. The summed E-state index contributed by atoms with van der Waals surface area (Å²) >= 11 is 6.34. The van der Waals surface area contributed by atoms with Gasteiger partial charge in [0.15, 0.2) is 0 Å². The zero-order valence-corrected chi connectivity index (χ0v) is 28.5. The number of nitrogens with one attached hydrogen (secondary N) is 1. The first-order chi connectivity index (χ1) is 21.5. The second kappa shape index (κ2) is 14.4. The van der Waals surface area contributed by atoms with Crippen molar-refractivity contribution in [2.24, 2.45) is 11.8 Å². The van der Waals surface area contributed by atoms with Crippen molar-refractivity contribution in [1.29, 1.82) is 0 Å². The SMILES string of the molecule is CO[C@H]1/C=C/CC[C@@H](CC(C)(C)OC)S(=O)(=O)NC(=O)c2ccc3c(c2)N(CCCCc2cc(Cl)ccc2CO3)C[C@@H]2CC[C@H]21. The van der Waals surface area contributed by atoms with Crippen LogP contribution in [-0.2, 0) is 32.5 Å². The monoisotopic (exact) mass is 658 g/mol. The van der Waals surface area contributed by atoms with Crippen LogP contribution in [0, 0.1) is 11.8 Å². The van der Waals surface area contributed by atoms with Crippen molar-refractivity contribution >= 4 is 33.2 Å². The lowest BCUT2D eigenvalue weighted by Gasteiger charge is -2.43. The van der Waals surface area contributed by atoms with E-state index in [1.165, 1.54) is 5.56 Å². The summed E-state index contributed by atoms with van der Waals surface area (Å²) in [5, 5.41) is -0.105. The Morgan fingerprint density at radius 1 is 1.07 bits per heavy atom. The smallest absolute Gasteiger partial charge is 0.264 e. The van der Waals surface area contributed by atoms with Crippen molar-refractivity contribution in [2.75, 3.05) is 32.2 Å². The minimum absolute atomic E-state index is 0.0490. The van der Waals surface area contributed by atoms with E-state index in [1.807, 2.05) is 38.1 Å². The van der Waals surface area contributed by atoms with Gasteiger partial charge in [0, 0.05) is 37.9 Å². The number of anilines is 1. The van der Waals surface area contributed by atoms with Crippen molar-refractivity contribution in [3.8, 4) is 5.75 Å². The van der Waals surface area contributed by atoms with Gasteiger partial charge in [-0.15, -0.1) is 0 Å². The minimum Gasteiger partial charge on any atom is -0.487 e. The first-order valence-electron chi connectivity index (χ1n) is 16.1. The summed E-state index contributed by atoms with van der Waals surface area (Å²) in [7, 11) is -0.697. The van der Waals surface area contributed by atoms with E-state index >= 15 is 0 Å². The topological polar surface area (TPSA) is 94.2 Å². The third kappa shape index (κ3) is 8.23. The van der Waals surface area contributed by atoms with E-state index in [0.717, 1.165) is 56.4 Å². The number of aryl methyl sites for hydroxylation is 1. The molecule has 1 amide bonds. The number of carbonyl (C=O) groups excluding carboxylic acids is 1. The maximum Gasteiger partial charge on any atom is 0.264 e. The van der Waals surface area contributed by atoms with Gasteiger partial charge in [-0.1, -0.05) is 29.8 Å². The highest BCUT2D eigenvalue weighted by Crippen LogP contribution is 2.41. The van der Waals surface area contributed by atoms with Gasteiger partial charge < -0.3 is 19.1 Å². The van der Waals surface area contributed by atoms with Gasteiger partial charge in [0.1, 0.15) is 12.4 Å². The van der Waals surface area contributed by atoms with Crippen LogP contribution >= 0.6 is 11.6 Å². The average molecular weight is 659 g/mol. The molecule has 4 atom stereocenters. The first-order valence-corrected chi connectivity index (χ1v) is 18.0. The third-order valence-corrected chi connectivity index (χ3v) is 11.8. The molecule has 0 saturated heterocycles. The molecule has 0 aromatic heterocycles.